The highest BCUT2D eigenvalue weighted by molar-refractivity contribution is 5.82. The normalized spacial score (nSPS) is 9.76. The first kappa shape index (κ1) is 12.5. The molecule has 0 aliphatic carbocycles. The van der Waals surface area contributed by atoms with Gasteiger partial charge < -0.3 is 4.74 Å². The van der Waals surface area contributed by atoms with Gasteiger partial charge in [-0.3, -0.25) is 14.9 Å². The first-order valence-corrected chi connectivity index (χ1v) is 4.12. The van der Waals surface area contributed by atoms with E-state index in [0.29, 0.717) is 0 Å². The van der Waals surface area contributed by atoms with Crippen LogP contribution in [0.2, 0.25) is 0 Å². The molecule has 0 aliphatic rings. The molecule has 0 N–H and O–H groups in total. The molecule has 0 saturated carbocycles. The largest absolute Gasteiger partial charge is 0.426 e. The molecule has 1 aromatic rings. The Morgan fingerprint density at radius 3 is 2.59 bits per heavy atom. The van der Waals surface area contributed by atoms with Gasteiger partial charge in [-0.25, -0.2) is 0 Å². The predicted octanol–water partition coefficient (Wildman–Crippen LogP) is 1.88. The van der Waals surface area contributed by atoms with Crippen LogP contribution in [0.5, 0.6) is 5.75 Å². The van der Waals surface area contributed by atoms with E-state index in [1.165, 1.54) is 6.07 Å². The van der Waals surface area contributed by atoms with Crippen LogP contribution in [0.4, 0.5) is 14.5 Å². The Balaban J connectivity index is 3.51. The van der Waals surface area contributed by atoms with Crippen molar-refractivity contribution in [3.63, 3.8) is 0 Å². The minimum Gasteiger partial charge on any atom is -0.426 e. The molecule has 88 valence electrons. The summed E-state index contributed by atoms with van der Waals surface area (Å²) >= 11 is 0. The highest BCUT2D eigenvalue weighted by Crippen LogP contribution is 2.33. The van der Waals surface area contributed by atoms with Crippen LogP contribution in [0.15, 0.2) is 12.1 Å². The summed E-state index contributed by atoms with van der Waals surface area (Å²) in [6.45, 7) is -3.33. The SMILES string of the molecule is N#Cc1c(C=O)ccc([N+](=O)[O-])c1OC(F)F. The van der Waals surface area contributed by atoms with E-state index in [-0.39, 0.29) is 11.8 Å². The van der Waals surface area contributed by atoms with Crippen LogP contribution < -0.4 is 4.74 Å². The van der Waals surface area contributed by atoms with E-state index in [1.807, 2.05) is 0 Å². The standard InChI is InChI=1S/C9H4F2N2O4/c10-9(11)17-8-6(3-12)5(4-14)1-2-7(8)13(15)16/h1-2,4,9H. The number of carbonyl (C=O) groups excluding carboxylic acids is 1. The van der Waals surface area contributed by atoms with Crippen LogP contribution in [0, 0.1) is 21.4 Å². The lowest BCUT2D eigenvalue weighted by molar-refractivity contribution is -0.386. The second-order valence-electron chi connectivity index (χ2n) is 2.74. The molecule has 8 heteroatoms. The van der Waals surface area contributed by atoms with Crippen molar-refractivity contribution in [3.8, 4) is 11.8 Å². The first-order valence-electron chi connectivity index (χ1n) is 4.12. The Kier molecular flexibility index (Phi) is 3.66. The van der Waals surface area contributed by atoms with E-state index in [0.717, 1.165) is 12.1 Å². The Labute approximate surface area is 93.2 Å². The molecule has 0 radical (unpaired) electrons. The highest BCUT2D eigenvalue weighted by Gasteiger charge is 2.25. The number of hydrogen-bond acceptors (Lipinski definition) is 5. The van der Waals surface area contributed by atoms with Crippen molar-refractivity contribution >= 4 is 12.0 Å². The van der Waals surface area contributed by atoms with Gasteiger partial charge in [0.25, 0.3) is 0 Å². The summed E-state index contributed by atoms with van der Waals surface area (Å²) in [6, 6.07) is 3.23. The monoisotopic (exact) mass is 242 g/mol. The summed E-state index contributed by atoms with van der Waals surface area (Å²) in [5.74, 6) is -0.905. The van der Waals surface area contributed by atoms with Crippen molar-refractivity contribution < 1.29 is 23.2 Å². The molecule has 0 atom stereocenters. The molecule has 6 nitrogen and oxygen atoms in total. The van der Waals surface area contributed by atoms with Gasteiger partial charge in [0.05, 0.1) is 4.92 Å². The minimum atomic E-state index is -3.33. The summed E-state index contributed by atoms with van der Waals surface area (Å²) in [5.41, 5.74) is -1.64. The van der Waals surface area contributed by atoms with Gasteiger partial charge in [0.15, 0.2) is 6.29 Å². The van der Waals surface area contributed by atoms with Crippen LogP contribution in [0.1, 0.15) is 15.9 Å². The van der Waals surface area contributed by atoms with Gasteiger partial charge in [0.2, 0.25) is 5.75 Å². The Morgan fingerprint density at radius 2 is 2.18 bits per heavy atom. The number of rotatable bonds is 4. The third kappa shape index (κ3) is 2.52. The maximum Gasteiger partial charge on any atom is 0.387 e. The molecule has 1 rings (SSSR count). The molecule has 0 aromatic heterocycles. The lowest BCUT2D eigenvalue weighted by Crippen LogP contribution is -2.07. The zero-order valence-corrected chi connectivity index (χ0v) is 8.09. The summed E-state index contributed by atoms with van der Waals surface area (Å²) in [6.07, 6.45) is 0.223. The van der Waals surface area contributed by atoms with Crippen molar-refractivity contribution in [2.24, 2.45) is 0 Å². The summed E-state index contributed by atoms with van der Waals surface area (Å²) < 4.78 is 28.1. The molecular formula is C9H4F2N2O4. The molecule has 0 unspecified atom stereocenters. The molecule has 17 heavy (non-hydrogen) atoms. The van der Waals surface area contributed by atoms with Gasteiger partial charge in [-0.2, -0.15) is 14.0 Å². The van der Waals surface area contributed by atoms with E-state index >= 15 is 0 Å². The van der Waals surface area contributed by atoms with E-state index in [4.69, 9.17) is 5.26 Å². The fraction of sp³-hybridized carbons (Fsp3) is 0.111. The van der Waals surface area contributed by atoms with Crippen LogP contribution in [0.25, 0.3) is 0 Å². The number of aldehydes is 1. The molecule has 0 saturated heterocycles. The maximum absolute atomic E-state index is 12.1. The van der Waals surface area contributed by atoms with E-state index in [9.17, 15) is 23.7 Å². The number of ether oxygens (including phenoxy) is 1. The number of nitro benzene ring substituents is 1. The number of nitro groups is 1. The van der Waals surface area contributed by atoms with Crippen LogP contribution in [-0.2, 0) is 0 Å². The van der Waals surface area contributed by atoms with Crippen molar-refractivity contribution in [3.05, 3.63) is 33.4 Å². The number of benzene rings is 1. The first-order chi connectivity index (χ1) is 8.01. The number of hydrogen-bond donors (Lipinski definition) is 0. The smallest absolute Gasteiger partial charge is 0.387 e. The average Bonchev–Trinajstić information content (AvgIpc) is 2.27. The summed E-state index contributed by atoms with van der Waals surface area (Å²) in [7, 11) is 0. The van der Waals surface area contributed by atoms with Crippen molar-refractivity contribution in [2.45, 2.75) is 6.61 Å². The van der Waals surface area contributed by atoms with E-state index in [2.05, 4.69) is 4.74 Å². The molecule has 0 bridgehead atoms. The predicted molar refractivity (Wildman–Crippen MR) is 49.8 cm³/mol. The van der Waals surface area contributed by atoms with Gasteiger partial charge in [-0.05, 0) is 6.07 Å². The van der Waals surface area contributed by atoms with Crippen LogP contribution in [-0.4, -0.2) is 17.8 Å². The minimum absolute atomic E-state index is 0.223. The van der Waals surface area contributed by atoms with Gasteiger partial charge >= 0.3 is 12.3 Å². The van der Waals surface area contributed by atoms with Crippen molar-refractivity contribution in [2.75, 3.05) is 0 Å². The Hall–Kier alpha value is -2.56. The molecule has 0 spiro atoms. The molecule has 0 amide bonds. The zero-order valence-electron chi connectivity index (χ0n) is 8.09. The third-order valence-electron chi connectivity index (χ3n) is 1.81. The van der Waals surface area contributed by atoms with E-state index < -0.39 is 28.5 Å². The summed E-state index contributed by atoms with van der Waals surface area (Å²) in [4.78, 5) is 20.1. The quantitative estimate of drug-likeness (QED) is 0.456. The molecule has 0 heterocycles. The Bertz CT molecular complexity index is 510. The third-order valence-corrected chi connectivity index (χ3v) is 1.81. The number of nitriles is 1. The van der Waals surface area contributed by atoms with Crippen molar-refractivity contribution in [1.82, 2.24) is 0 Å². The lowest BCUT2D eigenvalue weighted by Gasteiger charge is -2.07. The molecular weight excluding hydrogens is 238 g/mol. The topological polar surface area (TPSA) is 93.2 Å². The number of nitrogens with zero attached hydrogens (tertiary/aromatic N) is 2. The lowest BCUT2D eigenvalue weighted by atomic mass is 10.1. The van der Waals surface area contributed by atoms with Crippen LogP contribution in [0.3, 0.4) is 0 Å². The van der Waals surface area contributed by atoms with Gasteiger partial charge in [0, 0.05) is 11.6 Å². The van der Waals surface area contributed by atoms with Crippen molar-refractivity contribution in [1.29, 1.82) is 5.26 Å². The molecule has 0 fully saturated rings. The van der Waals surface area contributed by atoms with Gasteiger partial charge in [-0.1, -0.05) is 0 Å². The van der Waals surface area contributed by atoms with Gasteiger partial charge in [0.1, 0.15) is 11.6 Å². The van der Waals surface area contributed by atoms with E-state index in [1.54, 1.807) is 0 Å². The number of carbonyl (C=O) groups is 1. The fourth-order valence-corrected chi connectivity index (χ4v) is 1.15. The highest BCUT2D eigenvalue weighted by atomic mass is 19.3. The summed E-state index contributed by atoms with van der Waals surface area (Å²) in [5, 5.41) is 19.2. The number of alkyl halides is 2. The zero-order chi connectivity index (χ0) is 13.0. The van der Waals surface area contributed by atoms with Gasteiger partial charge in [-0.15, -0.1) is 0 Å². The van der Waals surface area contributed by atoms with Crippen LogP contribution >= 0.6 is 0 Å². The second-order valence-corrected chi connectivity index (χ2v) is 2.74. The number of halogens is 2. The molecule has 0 aliphatic heterocycles. The Morgan fingerprint density at radius 1 is 1.53 bits per heavy atom. The second kappa shape index (κ2) is 4.98. The average molecular weight is 242 g/mol. The fourth-order valence-electron chi connectivity index (χ4n) is 1.15. The molecule has 1 aromatic carbocycles. The maximum atomic E-state index is 12.1.